The van der Waals surface area contributed by atoms with Crippen molar-refractivity contribution in [3.8, 4) is 0 Å². The number of carbonyl (C=O) groups is 2. The zero-order valence-electron chi connectivity index (χ0n) is 16.0. The third kappa shape index (κ3) is 4.71. The van der Waals surface area contributed by atoms with Crippen LogP contribution in [-0.4, -0.2) is 36.3 Å². The monoisotopic (exact) mass is 402 g/mol. The average molecular weight is 403 g/mol. The van der Waals surface area contributed by atoms with Crippen LogP contribution in [0.3, 0.4) is 0 Å². The van der Waals surface area contributed by atoms with E-state index < -0.39 is 5.92 Å². The molecule has 28 heavy (non-hydrogen) atoms. The molecule has 1 N–H and O–H groups in total. The van der Waals surface area contributed by atoms with E-state index in [0.717, 1.165) is 5.56 Å². The molecule has 0 aromatic heterocycles. The molecule has 0 spiro atoms. The Balaban J connectivity index is 1.84. The molecule has 0 saturated carbocycles. The molecule has 3 rings (SSSR count). The standard InChI is InChI=1S/C22H24ClFN2O2/c1-14(2)11-25-21(27)20-13-26(22(28)15-6-8-17(23)9-7-15)12-19(20)16-4-3-5-18(24)10-16/h3-10,14,19-20H,11-13H2,1-2H3,(H,25,27)/t19-,20-/m0/s1. The molecule has 0 unspecified atom stereocenters. The molecule has 6 heteroatoms. The first-order chi connectivity index (χ1) is 13.3. The number of carbonyl (C=O) groups excluding carboxylic acids is 2. The molecule has 1 heterocycles. The third-order valence-electron chi connectivity index (χ3n) is 5.00. The second-order valence-electron chi connectivity index (χ2n) is 7.62. The summed E-state index contributed by atoms with van der Waals surface area (Å²) >= 11 is 5.91. The van der Waals surface area contributed by atoms with Gasteiger partial charge in [-0.1, -0.05) is 37.6 Å². The number of benzene rings is 2. The summed E-state index contributed by atoms with van der Waals surface area (Å²) in [5.41, 5.74) is 1.25. The van der Waals surface area contributed by atoms with E-state index in [1.807, 2.05) is 19.9 Å². The summed E-state index contributed by atoms with van der Waals surface area (Å²) in [5, 5.41) is 3.51. The molecule has 2 amide bonds. The fourth-order valence-electron chi connectivity index (χ4n) is 3.52. The van der Waals surface area contributed by atoms with Gasteiger partial charge in [0.25, 0.3) is 5.91 Å². The van der Waals surface area contributed by atoms with Gasteiger partial charge in [-0.05, 0) is 47.9 Å². The van der Waals surface area contributed by atoms with Crippen molar-refractivity contribution < 1.29 is 14.0 Å². The molecule has 2 aromatic rings. The number of likely N-dealkylation sites (tertiary alicyclic amines) is 1. The lowest BCUT2D eigenvalue weighted by Crippen LogP contribution is -2.37. The van der Waals surface area contributed by atoms with Gasteiger partial charge in [-0.3, -0.25) is 9.59 Å². The van der Waals surface area contributed by atoms with Crippen molar-refractivity contribution in [1.29, 1.82) is 0 Å². The molecule has 2 aromatic carbocycles. The second kappa shape index (κ2) is 8.74. The minimum Gasteiger partial charge on any atom is -0.356 e. The molecule has 1 aliphatic rings. The first-order valence-corrected chi connectivity index (χ1v) is 9.81. The summed E-state index contributed by atoms with van der Waals surface area (Å²) in [7, 11) is 0. The van der Waals surface area contributed by atoms with E-state index in [9.17, 15) is 14.0 Å². The van der Waals surface area contributed by atoms with Crippen LogP contribution in [-0.2, 0) is 4.79 Å². The van der Waals surface area contributed by atoms with E-state index >= 15 is 0 Å². The van der Waals surface area contributed by atoms with Gasteiger partial charge in [0, 0.05) is 36.1 Å². The van der Waals surface area contributed by atoms with E-state index in [4.69, 9.17) is 11.6 Å². The first kappa shape index (κ1) is 20.3. The minimum atomic E-state index is -0.420. The van der Waals surface area contributed by atoms with Crippen LogP contribution in [0, 0.1) is 17.7 Å². The van der Waals surface area contributed by atoms with Crippen LogP contribution in [0.2, 0.25) is 5.02 Å². The van der Waals surface area contributed by atoms with Gasteiger partial charge in [0.1, 0.15) is 5.82 Å². The molecule has 1 saturated heterocycles. The predicted octanol–water partition coefficient (Wildman–Crippen LogP) is 4.11. The zero-order chi connectivity index (χ0) is 20.3. The van der Waals surface area contributed by atoms with Crippen LogP contribution in [0.4, 0.5) is 4.39 Å². The van der Waals surface area contributed by atoms with Crippen molar-refractivity contribution in [3.05, 3.63) is 70.5 Å². The van der Waals surface area contributed by atoms with E-state index in [-0.39, 0.29) is 23.5 Å². The van der Waals surface area contributed by atoms with E-state index in [2.05, 4.69) is 5.32 Å². The Hall–Kier alpha value is -2.40. The summed E-state index contributed by atoms with van der Waals surface area (Å²) in [6.45, 7) is 5.28. The molecule has 1 aliphatic heterocycles. The number of nitrogens with zero attached hydrogens (tertiary/aromatic N) is 1. The number of nitrogens with one attached hydrogen (secondary N) is 1. The van der Waals surface area contributed by atoms with Crippen LogP contribution in [0.25, 0.3) is 0 Å². The van der Waals surface area contributed by atoms with Gasteiger partial charge in [-0.25, -0.2) is 4.39 Å². The molecule has 4 nitrogen and oxygen atoms in total. The Morgan fingerprint density at radius 1 is 1.18 bits per heavy atom. The van der Waals surface area contributed by atoms with Gasteiger partial charge in [0.05, 0.1) is 5.92 Å². The van der Waals surface area contributed by atoms with Crippen LogP contribution < -0.4 is 5.32 Å². The number of hydrogen-bond donors (Lipinski definition) is 1. The summed E-state index contributed by atoms with van der Waals surface area (Å²) < 4.78 is 13.8. The second-order valence-corrected chi connectivity index (χ2v) is 8.06. The fraction of sp³-hybridized carbons (Fsp3) is 0.364. The van der Waals surface area contributed by atoms with E-state index in [1.165, 1.54) is 12.1 Å². The van der Waals surface area contributed by atoms with Crippen LogP contribution in [0.1, 0.15) is 35.7 Å². The molecular formula is C22H24ClFN2O2. The number of halogens is 2. The smallest absolute Gasteiger partial charge is 0.253 e. The van der Waals surface area contributed by atoms with Gasteiger partial charge < -0.3 is 10.2 Å². The van der Waals surface area contributed by atoms with Crippen LogP contribution in [0.15, 0.2) is 48.5 Å². The van der Waals surface area contributed by atoms with Crippen LogP contribution >= 0.6 is 11.6 Å². The lowest BCUT2D eigenvalue weighted by atomic mass is 9.88. The lowest BCUT2D eigenvalue weighted by Gasteiger charge is -2.19. The summed E-state index contributed by atoms with van der Waals surface area (Å²) in [4.78, 5) is 27.4. The third-order valence-corrected chi connectivity index (χ3v) is 5.25. The minimum absolute atomic E-state index is 0.102. The maximum absolute atomic E-state index is 13.8. The van der Waals surface area contributed by atoms with Gasteiger partial charge in [-0.2, -0.15) is 0 Å². The molecule has 148 valence electrons. The Morgan fingerprint density at radius 3 is 2.54 bits per heavy atom. The quantitative estimate of drug-likeness (QED) is 0.818. The fourth-order valence-corrected chi connectivity index (χ4v) is 3.65. The molecular weight excluding hydrogens is 379 g/mol. The first-order valence-electron chi connectivity index (χ1n) is 9.43. The highest BCUT2D eigenvalue weighted by molar-refractivity contribution is 6.30. The molecule has 0 radical (unpaired) electrons. The lowest BCUT2D eigenvalue weighted by molar-refractivity contribution is -0.125. The number of hydrogen-bond acceptors (Lipinski definition) is 2. The largest absolute Gasteiger partial charge is 0.356 e. The van der Waals surface area contributed by atoms with E-state index in [0.29, 0.717) is 36.1 Å². The molecule has 1 fully saturated rings. The van der Waals surface area contributed by atoms with Crippen molar-refractivity contribution in [2.75, 3.05) is 19.6 Å². The zero-order valence-corrected chi connectivity index (χ0v) is 16.7. The highest BCUT2D eigenvalue weighted by atomic mass is 35.5. The molecule has 2 atom stereocenters. The summed E-state index contributed by atoms with van der Waals surface area (Å²) in [6, 6.07) is 13.0. The van der Waals surface area contributed by atoms with Gasteiger partial charge in [0.2, 0.25) is 5.91 Å². The normalized spacial score (nSPS) is 19.1. The maximum Gasteiger partial charge on any atom is 0.253 e. The number of amides is 2. The Morgan fingerprint density at radius 2 is 1.89 bits per heavy atom. The predicted molar refractivity (Wildman–Crippen MR) is 108 cm³/mol. The topological polar surface area (TPSA) is 49.4 Å². The van der Waals surface area contributed by atoms with Gasteiger partial charge >= 0.3 is 0 Å². The summed E-state index contributed by atoms with van der Waals surface area (Å²) in [6.07, 6.45) is 0. The van der Waals surface area contributed by atoms with Gasteiger partial charge in [-0.15, -0.1) is 0 Å². The van der Waals surface area contributed by atoms with Crippen molar-refractivity contribution in [2.24, 2.45) is 11.8 Å². The van der Waals surface area contributed by atoms with Gasteiger partial charge in [0.15, 0.2) is 0 Å². The highest BCUT2D eigenvalue weighted by Gasteiger charge is 2.40. The SMILES string of the molecule is CC(C)CNC(=O)[C@H]1CN(C(=O)c2ccc(Cl)cc2)C[C@H]1c1cccc(F)c1. The molecule has 0 aliphatic carbocycles. The van der Waals surface area contributed by atoms with Crippen molar-refractivity contribution in [1.82, 2.24) is 10.2 Å². The van der Waals surface area contributed by atoms with Crippen molar-refractivity contribution in [3.63, 3.8) is 0 Å². The Bertz CT molecular complexity index is 854. The maximum atomic E-state index is 13.8. The van der Waals surface area contributed by atoms with E-state index in [1.54, 1.807) is 35.2 Å². The molecule has 0 bridgehead atoms. The van der Waals surface area contributed by atoms with Crippen LogP contribution in [0.5, 0.6) is 0 Å². The highest BCUT2D eigenvalue weighted by Crippen LogP contribution is 2.34. The average Bonchev–Trinajstić information content (AvgIpc) is 3.11. The van der Waals surface area contributed by atoms with Crippen molar-refractivity contribution >= 4 is 23.4 Å². The Labute approximate surface area is 169 Å². The summed E-state index contributed by atoms with van der Waals surface area (Å²) in [5.74, 6) is -0.950. The van der Waals surface area contributed by atoms with Crippen molar-refractivity contribution in [2.45, 2.75) is 19.8 Å². The number of rotatable bonds is 5. The Kier molecular flexibility index (Phi) is 6.35.